The number of benzene rings is 2. The average molecular weight is 453 g/mol. The molecule has 1 heterocycles. The van der Waals surface area contributed by atoms with Crippen molar-refractivity contribution in [2.24, 2.45) is 0 Å². The molecule has 0 bridgehead atoms. The number of aliphatic hydroxyl groups excluding tert-OH is 1. The summed E-state index contributed by atoms with van der Waals surface area (Å²) >= 11 is 0. The van der Waals surface area contributed by atoms with E-state index in [0.717, 1.165) is 5.56 Å². The highest BCUT2D eigenvalue weighted by Gasteiger charge is 2.46. The van der Waals surface area contributed by atoms with E-state index in [1.54, 1.807) is 50.4 Å². The number of methoxy groups -OCH3 is 2. The Morgan fingerprint density at radius 1 is 1.06 bits per heavy atom. The summed E-state index contributed by atoms with van der Waals surface area (Å²) in [5.74, 6) is -1.22. The molecule has 1 aliphatic rings. The second-order valence-corrected chi connectivity index (χ2v) is 7.78. The number of aliphatic hydroxyl groups is 1. The van der Waals surface area contributed by atoms with Gasteiger partial charge in [0, 0.05) is 26.1 Å². The van der Waals surface area contributed by atoms with Crippen LogP contribution in [0.15, 0.2) is 42.0 Å². The van der Waals surface area contributed by atoms with Crippen LogP contribution in [0.5, 0.6) is 11.5 Å². The van der Waals surface area contributed by atoms with E-state index in [1.165, 1.54) is 18.9 Å². The first-order valence-electron chi connectivity index (χ1n) is 10.4. The van der Waals surface area contributed by atoms with Crippen LogP contribution in [-0.4, -0.2) is 55.0 Å². The fourth-order valence-corrected chi connectivity index (χ4v) is 3.94. The number of aryl methyl sites for hydroxylation is 2. The van der Waals surface area contributed by atoms with Crippen LogP contribution in [0.2, 0.25) is 0 Å². The molecule has 33 heavy (non-hydrogen) atoms. The minimum absolute atomic E-state index is 0.0102. The van der Waals surface area contributed by atoms with Gasteiger partial charge in [-0.25, -0.2) is 0 Å². The van der Waals surface area contributed by atoms with Crippen LogP contribution in [0.4, 0.5) is 0 Å². The van der Waals surface area contributed by atoms with Crippen molar-refractivity contribution in [1.82, 2.24) is 4.90 Å². The maximum atomic E-state index is 13.1. The summed E-state index contributed by atoms with van der Waals surface area (Å²) < 4.78 is 15.5. The Labute approximate surface area is 192 Å². The molecule has 1 atom stereocenters. The van der Waals surface area contributed by atoms with Crippen molar-refractivity contribution < 1.29 is 33.7 Å². The Kier molecular flexibility index (Phi) is 7.18. The summed E-state index contributed by atoms with van der Waals surface area (Å²) in [6.07, 6.45) is 0. The maximum absolute atomic E-state index is 13.1. The largest absolute Gasteiger partial charge is 0.507 e. The molecule has 1 unspecified atom stereocenters. The van der Waals surface area contributed by atoms with Gasteiger partial charge in [0.1, 0.15) is 17.3 Å². The molecule has 0 saturated carbocycles. The molecule has 1 saturated heterocycles. The zero-order valence-electron chi connectivity index (χ0n) is 19.3. The normalized spacial score (nSPS) is 17.4. The lowest BCUT2D eigenvalue weighted by Crippen LogP contribution is -2.32. The predicted octanol–water partition coefficient (Wildman–Crippen LogP) is 3.31. The van der Waals surface area contributed by atoms with Crippen LogP contribution in [-0.2, 0) is 19.1 Å². The Balaban J connectivity index is 2.16. The molecule has 2 aromatic rings. The summed E-state index contributed by atoms with van der Waals surface area (Å²) in [5, 5.41) is 11.3. The number of likely N-dealkylation sites (tertiary alicyclic amines) is 1. The molecule has 8 heteroatoms. The Morgan fingerprint density at radius 2 is 1.73 bits per heavy atom. The van der Waals surface area contributed by atoms with Gasteiger partial charge < -0.3 is 24.2 Å². The van der Waals surface area contributed by atoms with Crippen molar-refractivity contribution in [3.63, 3.8) is 0 Å². The number of hydrogen-bond donors (Lipinski definition) is 1. The smallest absolute Gasteiger partial charge is 0.308 e. The van der Waals surface area contributed by atoms with Crippen LogP contribution in [0, 0.1) is 13.8 Å². The Morgan fingerprint density at radius 3 is 2.30 bits per heavy atom. The molecule has 0 radical (unpaired) electrons. The van der Waals surface area contributed by atoms with Gasteiger partial charge >= 0.3 is 5.97 Å². The number of hydrogen-bond acceptors (Lipinski definition) is 7. The number of Topliss-reactive ketones (excluding diaryl/α,β-unsaturated/α-hetero) is 1. The van der Waals surface area contributed by atoms with Crippen LogP contribution >= 0.6 is 0 Å². The number of carbonyl (C=O) groups excluding carboxylic acids is 3. The zero-order valence-corrected chi connectivity index (χ0v) is 19.3. The van der Waals surface area contributed by atoms with Gasteiger partial charge in [0.25, 0.3) is 11.7 Å². The van der Waals surface area contributed by atoms with Gasteiger partial charge in [-0.15, -0.1) is 0 Å². The molecule has 1 aliphatic heterocycles. The van der Waals surface area contributed by atoms with E-state index >= 15 is 0 Å². The molecule has 1 fully saturated rings. The number of ketones is 1. The minimum Gasteiger partial charge on any atom is -0.507 e. The maximum Gasteiger partial charge on any atom is 0.308 e. The highest BCUT2D eigenvalue weighted by atomic mass is 16.5. The summed E-state index contributed by atoms with van der Waals surface area (Å²) in [6, 6.07) is 9.16. The molecule has 3 rings (SSSR count). The lowest BCUT2D eigenvalue weighted by molar-refractivity contribution is -0.140. The lowest BCUT2D eigenvalue weighted by Gasteiger charge is -2.25. The molecule has 0 spiro atoms. The van der Waals surface area contributed by atoms with Gasteiger partial charge in [-0.2, -0.15) is 0 Å². The van der Waals surface area contributed by atoms with Crippen molar-refractivity contribution >= 4 is 23.4 Å². The van der Waals surface area contributed by atoms with Gasteiger partial charge in [-0.3, -0.25) is 14.4 Å². The number of rotatable bonds is 7. The predicted molar refractivity (Wildman–Crippen MR) is 121 cm³/mol. The number of ether oxygens (including phenoxy) is 3. The third-order valence-electron chi connectivity index (χ3n) is 5.53. The summed E-state index contributed by atoms with van der Waals surface area (Å²) in [7, 11) is 3.06. The molecule has 2 aromatic carbocycles. The van der Waals surface area contributed by atoms with E-state index in [9.17, 15) is 19.5 Å². The van der Waals surface area contributed by atoms with Crippen LogP contribution in [0.1, 0.15) is 35.2 Å². The van der Waals surface area contributed by atoms with Crippen LogP contribution < -0.4 is 9.47 Å². The first kappa shape index (κ1) is 24.0. The Hall–Kier alpha value is -3.65. The fraction of sp³-hybridized carbons (Fsp3) is 0.320. The third-order valence-corrected chi connectivity index (χ3v) is 5.53. The minimum atomic E-state index is -0.826. The summed E-state index contributed by atoms with van der Waals surface area (Å²) in [6.45, 7) is 5.30. The van der Waals surface area contributed by atoms with Gasteiger partial charge in [0.05, 0.1) is 25.3 Å². The van der Waals surface area contributed by atoms with Crippen LogP contribution in [0.3, 0.4) is 0 Å². The van der Waals surface area contributed by atoms with Gasteiger partial charge in [-0.05, 0) is 54.8 Å². The molecule has 1 N–H and O–H groups in total. The summed E-state index contributed by atoms with van der Waals surface area (Å²) in [4.78, 5) is 38.6. The first-order valence-corrected chi connectivity index (χ1v) is 10.4. The second kappa shape index (κ2) is 9.87. The average Bonchev–Trinajstić information content (AvgIpc) is 3.03. The number of nitrogens with zero attached hydrogens (tertiary/aromatic N) is 1. The summed E-state index contributed by atoms with van der Waals surface area (Å²) in [5.41, 5.74) is 2.50. The van der Waals surface area contributed by atoms with Gasteiger partial charge in [0.15, 0.2) is 0 Å². The molecule has 0 aliphatic carbocycles. The van der Waals surface area contributed by atoms with E-state index < -0.39 is 23.7 Å². The molecular formula is C25H27NO7. The highest BCUT2D eigenvalue weighted by Crippen LogP contribution is 2.40. The number of amides is 1. The molecular weight excluding hydrogens is 426 g/mol. The topological polar surface area (TPSA) is 102 Å². The van der Waals surface area contributed by atoms with Crippen molar-refractivity contribution in [1.29, 1.82) is 0 Å². The van der Waals surface area contributed by atoms with Crippen molar-refractivity contribution in [2.45, 2.75) is 26.8 Å². The monoisotopic (exact) mass is 453 g/mol. The quantitative estimate of drug-likeness (QED) is 0.226. The van der Waals surface area contributed by atoms with Crippen molar-refractivity contribution in [3.8, 4) is 11.5 Å². The van der Waals surface area contributed by atoms with Gasteiger partial charge in [0.2, 0.25) is 0 Å². The van der Waals surface area contributed by atoms with Gasteiger partial charge in [-0.1, -0.05) is 12.1 Å². The Bertz CT molecular complexity index is 1120. The van der Waals surface area contributed by atoms with Crippen molar-refractivity contribution in [2.75, 3.05) is 27.4 Å². The lowest BCUT2D eigenvalue weighted by atomic mass is 9.93. The molecule has 0 aromatic heterocycles. The van der Waals surface area contributed by atoms with Crippen LogP contribution in [0.25, 0.3) is 5.76 Å². The number of carbonyl (C=O) groups is 3. The molecule has 8 nitrogen and oxygen atoms in total. The van der Waals surface area contributed by atoms with E-state index in [-0.39, 0.29) is 24.5 Å². The third kappa shape index (κ3) is 4.75. The molecule has 174 valence electrons. The zero-order chi connectivity index (χ0) is 24.3. The van der Waals surface area contributed by atoms with E-state index in [2.05, 4.69) is 0 Å². The fourth-order valence-electron chi connectivity index (χ4n) is 3.94. The van der Waals surface area contributed by atoms with E-state index in [0.29, 0.717) is 28.2 Å². The SMILES string of the molecule is COCCN1C(=O)C(=O)/C(=C(/O)c2cc(C)c(OC)cc2C)C1c1ccc(OC(C)=O)cc1. The van der Waals surface area contributed by atoms with Crippen molar-refractivity contribution in [3.05, 3.63) is 64.2 Å². The van der Waals surface area contributed by atoms with E-state index in [1.807, 2.05) is 6.92 Å². The number of esters is 1. The highest BCUT2D eigenvalue weighted by molar-refractivity contribution is 6.46. The van der Waals surface area contributed by atoms with E-state index in [4.69, 9.17) is 14.2 Å². The first-order chi connectivity index (χ1) is 15.7. The standard InChI is InChI=1S/C25H27NO7/c1-14-13-20(32-5)15(2)12-19(14)23(28)21-22(26(10-11-31-4)25(30)24(21)29)17-6-8-18(9-7-17)33-16(3)27/h6-9,12-13,22,28H,10-11H2,1-5H3/b23-21+. The molecule has 1 amide bonds. The second-order valence-electron chi connectivity index (χ2n) is 7.78.